The van der Waals surface area contributed by atoms with Gasteiger partial charge in [0, 0.05) is 17.5 Å². The Balaban J connectivity index is 1.54. The summed E-state index contributed by atoms with van der Waals surface area (Å²) in [4.78, 5) is 42.1. The van der Waals surface area contributed by atoms with Crippen LogP contribution in [0.15, 0.2) is 59.5 Å². The average molecular weight is 451 g/mol. The zero-order valence-electron chi connectivity index (χ0n) is 17.0. The summed E-state index contributed by atoms with van der Waals surface area (Å²) in [5.41, 5.74) is 4.67. The minimum atomic E-state index is -0.668. The summed E-state index contributed by atoms with van der Waals surface area (Å²) >= 11 is 0.994. The maximum absolute atomic E-state index is 13.9. The number of hydrogen-bond donors (Lipinski definition) is 2. The maximum Gasteiger partial charge on any atom is 0.290 e. The molecule has 162 valence electrons. The lowest BCUT2D eigenvalue weighted by Gasteiger charge is -2.11. The summed E-state index contributed by atoms with van der Waals surface area (Å²) in [5, 5.41) is 5.28. The van der Waals surface area contributed by atoms with Crippen molar-refractivity contribution in [3.05, 3.63) is 81.5 Å². The highest BCUT2D eigenvalue weighted by atomic mass is 32.1. The number of carbonyl (C=O) groups is 2. The molecule has 2 heterocycles. The number of nitrogens with one attached hydrogen (secondary N) is 2. The number of thiazole rings is 1. The lowest BCUT2D eigenvalue weighted by atomic mass is 10.1. The highest BCUT2D eigenvalue weighted by molar-refractivity contribution is 7.16. The molecule has 2 N–H and O–H groups in total. The number of aromatic nitrogens is 3. The quantitative estimate of drug-likeness (QED) is 0.454. The third-order valence-corrected chi connectivity index (χ3v) is 5.67. The van der Waals surface area contributed by atoms with Crippen molar-refractivity contribution >= 4 is 33.9 Å². The van der Waals surface area contributed by atoms with Gasteiger partial charge in [-0.1, -0.05) is 37.3 Å². The summed E-state index contributed by atoms with van der Waals surface area (Å²) in [6.45, 7) is 2.25. The summed E-state index contributed by atoms with van der Waals surface area (Å²) in [7, 11) is 0. The Kier molecular flexibility index (Phi) is 6.04. The standard InChI is InChI=1S/C22H18FN5O3S/c1-2-11-28-22(31)14-8-4-3-7-13(14)18(27-28)20(30)26-25-19(29)17-12-24-21(32-17)15-9-5-6-10-16(15)23/h3-10,12H,2,11H2,1H3,(H,25,29)(H,26,30). The van der Waals surface area contributed by atoms with E-state index >= 15 is 0 Å². The molecule has 8 nitrogen and oxygen atoms in total. The van der Waals surface area contributed by atoms with Gasteiger partial charge in [-0.15, -0.1) is 11.3 Å². The molecular weight excluding hydrogens is 433 g/mol. The summed E-state index contributed by atoms with van der Waals surface area (Å²) in [5.74, 6) is -1.72. The molecule has 0 saturated carbocycles. The number of aryl methyl sites for hydroxylation is 1. The Morgan fingerprint density at radius 2 is 1.72 bits per heavy atom. The van der Waals surface area contributed by atoms with Crippen molar-refractivity contribution in [3.63, 3.8) is 0 Å². The van der Waals surface area contributed by atoms with Crippen LogP contribution in [-0.2, 0) is 6.54 Å². The van der Waals surface area contributed by atoms with E-state index in [2.05, 4.69) is 20.9 Å². The van der Waals surface area contributed by atoms with Crippen molar-refractivity contribution in [1.82, 2.24) is 25.6 Å². The van der Waals surface area contributed by atoms with Crippen molar-refractivity contribution in [1.29, 1.82) is 0 Å². The van der Waals surface area contributed by atoms with Crippen molar-refractivity contribution in [2.45, 2.75) is 19.9 Å². The third kappa shape index (κ3) is 4.12. The van der Waals surface area contributed by atoms with Gasteiger partial charge in [0.2, 0.25) is 0 Å². The maximum atomic E-state index is 13.9. The first-order chi connectivity index (χ1) is 15.5. The fourth-order valence-corrected chi connectivity index (χ4v) is 3.98. The van der Waals surface area contributed by atoms with Crippen molar-refractivity contribution in [2.24, 2.45) is 0 Å². The lowest BCUT2D eigenvalue weighted by molar-refractivity contribution is 0.0845. The van der Waals surface area contributed by atoms with Crippen molar-refractivity contribution < 1.29 is 14.0 Å². The SMILES string of the molecule is CCCn1nc(C(=O)NNC(=O)c2cnc(-c3ccccc3F)s2)c2ccccc2c1=O. The third-order valence-electron chi connectivity index (χ3n) is 4.64. The Hall–Kier alpha value is -3.92. The van der Waals surface area contributed by atoms with Crippen LogP contribution in [0.5, 0.6) is 0 Å². The molecule has 2 aromatic carbocycles. The van der Waals surface area contributed by atoms with Gasteiger partial charge in [-0.05, 0) is 24.6 Å². The molecule has 32 heavy (non-hydrogen) atoms. The number of carbonyl (C=O) groups excluding carboxylic acids is 2. The van der Waals surface area contributed by atoms with E-state index in [1.54, 1.807) is 42.5 Å². The van der Waals surface area contributed by atoms with Gasteiger partial charge in [0.1, 0.15) is 15.7 Å². The Morgan fingerprint density at radius 3 is 2.47 bits per heavy atom. The molecule has 2 aromatic heterocycles. The second-order valence-electron chi connectivity index (χ2n) is 6.84. The van der Waals surface area contributed by atoms with E-state index in [0.717, 1.165) is 11.3 Å². The van der Waals surface area contributed by atoms with Crippen LogP contribution in [-0.4, -0.2) is 26.6 Å². The highest BCUT2D eigenvalue weighted by Crippen LogP contribution is 2.27. The van der Waals surface area contributed by atoms with Gasteiger partial charge in [-0.25, -0.2) is 14.1 Å². The number of fused-ring (bicyclic) bond motifs is 1. The highest BCUT2D eigenvalue weighted by Gasteiger charge is 2.19. The Morgan fingerprint density at radius 1 is 1.03 bits per heavy atom. The van der Waals surface area contributed by atoms with Gasteiger partial charge in [0.05, 0.1) is 11.6 Å². The molecule has 0 spiro atoms. The van der Waals surface area contributed by atoms with Gasteiger partial charge >= 0.3 is 0 Å². The van der Waals surface area contributed by atoms with Gasteiger partial charge in [-0.3, -0.25) is 25.2 Å². The summed E-state index contributed by atoms with van der Waals surface area (Å²) in [6, 6.07) is 12.8. The van der Waals surface area contributed by atoms with E-state index in [1.165, 1.54) is 16.9 Å². The zero-order chi connectivity index (χ0) is 22.7. The molecule has 0 unspecified atom stereocenters. The molecule has 0 aliphatic heterocycles. The van der Waals surface area contributed by atoms with Gasteiger partial charge < -0.3 is 0 Å². The molecule has 4 aromatic rings. The predicted molar refractivity (Wildman–Crippen MR) is 119 cm³/mol. The fraction of sp³-hybridized carbons (Fsp3) is 0.136. The first-order valence-corrected chi connectivity index (χ1v) is 10.6. The average Bonchev–Trinajstić information content (AvgIpc) is 3.30. The van der Waals surface area contributed by atoms with E-state index in [9.17, 15) is 18.8 Å². The number of hydrazine groups is 1. The fourth-order valence-electron chi connectivity index (χ4n) is 3.14. The molecule has 0 saturated heterocycles. The van der Waals surface area contributed by atoms with Crippen LogP contribution in [0, 0.1) is 5.82 Å². The van der Waals surface area contributed by atoms with Crippen LogP contribution in [0.3, 0.4) is 0 Å². The van der Waals surface area contributed by atoms with Crippen LogP contribution >= 0.6 is 11.3 Å². The van der Waals surface area contributed by atoms with Gasteiger partial charge in [-0.2, -0.15) is 5.10 Å². The normalized spacial score (nSPS) is 10.8. The number of nitrogens with zero attached hydrogens (tertiary/aromatic N) is 3. The van der Waals surface area contributed by atoms with Gasteiger partial charge in [0.15, 0.2) is 5.69 Å². The van der Waals surface area contributed by atoms with E-state index in [1.807, 2.05) is 6.92 Å². The number of hydrogen-bond acceptors (Lipinski definition) is 6. The smallest absolute Gasteiger partial charge is 0.267 e. The van der Waals surface area contributed by atoms with E-state index in [0.29, 0.717) is 28.7 Å². The largest absolute Gasteiger partial charge is 0.290 e. The summed E-state index contributed by atoms with van der Waals surface area (Å²) < 4.78 is 15.2. The Bertz CT molecular complexity index is 1380. The molecule has 0 fully saturated rings. The van der Waals surface area contributed by atoms with Crippen molar-refractivity contribution in [2.75, 3.05) is 0 Å². The molecule has 0 atom stereocenters. The number of benzene rings is 2. The van der Waals surface area contributed by atoms with Crippen LogP contribution in [0.25, 0.3) is 21.3 Å². The molecule has 0 radical (unpaired) electrons. The second kappa shape index (κ2) is 9.06. The zero-order valence-corrected chi connectivity index (χ0v) is 17.8. The number of halogens is 1. The number of rotatable bonds is 5. The Labute approximate surface area is 185 Å². The second-order valence-corrected chi connectivity index (χ2v) is 7.87. The minimum absolute atomic E-state index is 0.0188. The minimum Gasteiger partial charge on any atom is -0.267 e. The van der Waals surface area contributed by atoms with Crippen LogP contribution < -0.4 is 16.4 Å². The van der Waals surface area contributed by atoms with Crippen molar-refractivity contribution in [3.8, 4) is 10.6 Å². The molecule has 0 aliphatic carbocycles. The van der Waals surface area contributed by atoms with E-state index < -0.39 is 17.6 Å². The lowest BCUT2D eigenvalue weighted by Crippen LogP contribution is -2.42. The first kappa shape index (κ1) is 21.3. The van der Waals surface area contributed by atoms with Crippen LogP contribution in [0.1, 0.15) is 33.5 Å². The molecular formula is C22H18FN5O3S. The van der Waals surface area contributed by atoms with E-state index in [4.69, 9.17) is 0 Å². The number of amides is 2. The molecule has 0 aliphatic rings. The monoisotopic (exact) mass is 451 g/mol. The van der Waals surface area contributed by atoms with Crippen LogP contribution in [0.4, 0.5) is 4.39 Å². The van der Waals surface area contributed by atoms with E-state index in [-0.39, 0.29) is 21.7 Å². The van der Waals surface area contributed by atoms with Gasteiger partial charge in [0.25, 0.3) is 17.4 Å². The molecule has 2 amide bonds. The molecule has 4 rings (SSSR count). The van der Waals surface area contributed by atoms with Crippen LogP contribution in [0.2, 0.25) is 0 Å². The summed E-state index contributed by atoms with van der Waals surface area (Å²) in [6.07, 6.45) is 1.97. The predicted octanol–water partition coefficient (Wildman–Crippen LogP) is 3.14. The molecule has 0 bridgehead atoms. The first-order valence-electron chi connectivity index (χ1n) is 9.81. The topological polar surface area (TPSA) is 106 Å². The molecule has 10 heteroatoms.